The second-order valence-corrected chi connectivity index (χ2v) is 4.72. The molecule has 1 aromatic heterocycles. The Labute approximate surface area is 96.7 Å². The van der Waals surface area contributed by atoms with E-state index in [2.05, 4.69) is 21.8 Å². The number of nitrogens with zero attached hydrogens (tertiary/aromatic N) is 2. The quantitative estimate of drug-likeness (QED) is 0.764. The number of nitrogens with one attached hydrogen (secondary N) is 1. The molecule has 1 heterocycles. The average molecular weight is 223 g/mol. The molecule has 0 amide bonds. The highest BCUT2D eigenvalue weighted by Crippen LogP contribution is 2.31. The van der Waals surface area contributed by atoms with Gasteiger partial charge in [-0.3, -0.25) is 0 Å². The van der Waals surface area contributed by atoms with Crippen molar-refractivity contribution in [1.82, 2.24) is 14.9 Å². The van der Waals surface area contributed by atoms with E-state index in [0.717, 1.165) is 32.4 Å². The summed E-state index contributed by atoms with van der Waals surface area (Å²) in [7, 11) is 0. The molecule has 0 radical (unpaired) electrons. The molecule has 0 aliphatic heterocycles. The van der Waals surface area contributed by atoms with E-state index in [1.807, 2.05) is 12.5 Å². The summed E-state index contributed by atoms with van der Waals surface area (Å²) < 4.78 is 2.18. The average Bonchev–Trinajstić information content (AvgIpc) is 2.66. The summed E-state index contributed by atoms with van der Waals surface area (Å²) in [5.41, 5.74) is 1.20. The zero-order valence-electron chi connectivity index (χ0n) is 9.95. The fourth-order valence-corrected chi connectivity index (χ4v) is 2.21. The summed E-state index contributed by atoms with van der Waals surface area (Å²) in [4.78, 5) is 4.17. The summed E-state index contributed by atoms with van der Waals surface area (Å²) in [5, 5.41) is 12.8. The van der Waals surface area contributed by atoms with Crippen LogP contribution in [-0.4, -0.2) is 26.8 Å². The fourth-order valence-electron chi connectivity index (χ4n) is 2.21. The van der Waals surface area contributed by atoms with E-state index in [-0.39, 0.29) is 12.1 Å². The molecule has 1 fully saturated rings. The molecule has 4 heteroatoms. The predicted molar refractivity (Wildman–Crippen MR) is 63.0 cm³/mol. The number of hydrogen-bond donors (Lipinski definition) is 2. The Kier molecular flexibility index (Phi) is 3.61. The zero-order valence-corrected chi connectivity index (χ0v) is 9.95. The third-order valence-corrected chi connectivity index (χ3v) is 3.52. The number of hydrogen-bond acceptors (Lipinski definition) is 3. The Bertz CT molecular complexity index is 325. The van der Waals surface area contributed by atoms with Gasteiger partial charge >= 0.3 is 0 Å². The number of rotatable bonds is 6. The van der Waals surface area contributed by atoms with Crippen molar-refractivity contribution in [3.05, 3.63) is 18.2 Å². The molecule has 4 nitrogen and oxygen atoms in total. The molecule has 1 aliphatic carbocycles. The summed E-state index contributed by atoms with van der Waals surface area (Å²) in [6.07, 6.45) is 8.31. The van der Waals surface area contributed by atoms with Crippen LogP contribution in [0.4, 0.5) is 0 Å². The Morgan fingerprint density at radius 3 is 2.94 bits per heavy atom. The van der Waals surface area contributed by atoms with Gasteiger partial charge in [-0.15, -0.1) is 0 Å². The third-order valence-electron chi connectivity index (χ3n) is 3.52. The van der Waals surface area contributed by atoms with Crippen LogP contribution in [0.5, 0.6) is 0 Å². The molecular formula is C12H21N3O. The SMILES string of the molecule is CCCn1cncc1CNC1(CO)CCC1. The molecular weight excluding hydrogens is 202 g/mol. The van der Waals surface area contributed by atoms with Crippen molar-refractivity contribution in [2.75, 3.05) is 6.61 Å². The summed E-state index contributed by atoms with van der Waals surface area (Å²) in [6, 6.07) is 0. The van der Waals surface area contributed by atoms with E-state index < -0.39 is 0 Å². The van der Waals surface area contributed by atoms with Crippen LogP contribution >= 0.6 is 0 Å². The molecule has 0 spiro atoms. The van der Waals surface area contributed by atoms with Gasteiger partial charge in [0, 0.05) is 24.8 Å². The molecule has 1 saturated carbocycles. The first-order valence-corrected chi connectivity index (χ1v) is 6.14. The molecule has 2 N–H and O–H groups in total. The minimum Gasteiger partial charge on any atom is -0.394 e. The van der Waals surface area contributed by atoms with Crippen molar-refractivity contribution < 1.29 is 5.11 Å². The number of aryl methyl sites for hydroxylation is 1. The molecule has 1 aromatic rings. The van der Waals surface area contributed by atoms with Gasteiger partial charge in [0.15, 0.2) is 0 Å². The molecule has 1 aliphatic rings. The smallest absolute Gasteiger partial charge is 0.0948 e. The van der Waals surface area contributed by atoms with E-state index in [0.29, 0.717) is 0 Å². The van der Waals surface area contributed by atoms with Gasteiger partial charge in [0.2, 0.25) is 0 Å². The lowest BCUT2D eigenvalue weighted by Gasteiger charge is -2.41. The summed E-state index contributed by atoms with van der Waals surface area (Å²) in [6.45, 7) is 4.23. The molecule has 0 atom stereocenters. The molecule has 0 saturated heterocycles. The lowest BCUT2D eigenvalue weighted by molar-refractivity contribution is 0.0865. The van der Waals surface area contributed by atoms with Crippen LogP contribution in [0.1, 0.15) is 38.3 Å². The summed E-state index contributed by atoms with van der Waals surface area (Å²) >= 11 is 0. The maximum Gasteiger partial charge on any atom is 0.0948 e. The largest absolute Gasteiger partial charge is 0.394 e. The summed E-state index contributed by atoms with van der Waals surface area (Å²) in [5.74, 6) is 0. The first-order valence-electron chi connectivity index (χ1n) is 6.14. The van der Waals surface area contributed by atoms with Crippen molar-refractivity contribution in [2.45, 2.75) is 51.2 Å². The van der Waals surface area contributed by atoms with Gasteiger partial charge in [0.1, 0.15) is 0 Å². The minimum absolute atomic E-state index is 0.0126. The van der Waals surface area contributed by atoms with E-state index >= 15 is 0 Å². The van der Waals surface area contributed by atoms with Crippen LogP contribution in [0.25, 0.3) is 0 Å². The normalized spacial score (nSPS) is 18.4. The lowest BCUT2D eigenvalue weighted by Crippen LogP contribution is -2.53. The second kappa shape index (κ2) is 4.97. The number of imidazole rings is 1. The Morgan fingerprint density at radius 2 is 2.38 bits per heavy atom. The minimum atomic E-state index is -0.0126. The topological polar surface area (TPSA) is 50.1 Å². The van der Waals surface area contributed by atoms with Gasteiger partial charge in [-0.1, -0.05) is 6.92 Å². The van der Waals surface area contributed by atoms with Gasteiger partial charge in [-0.05, 0) is 25.7 Å². The van der Waals surface area contributed by atoms with Crippen LogP contribution in [0.15, 0.2) is 12.5 Å². The molecule has 0 unspecified atom stereocenters. The molecule has 90 valence electrons. The van der Waals surface area contributed by atoms with Crippen molar-refractivity contribution in [3.8, 4) is 0 Å². The molecule has 2 rings (SSSR count). The molecule has 0 aromatic carbocycles. The van der Waals surface area contributed by atoms with E-state index in [1.165, 1.54) is 12.1 Å². The highest BCUT2D eigenvalue weighted by atomic mass is 16.3. The monoisotopic (exact) mass is 223 g/mol. The number of aromatic nitrogens is 2. The Balaban J connectivity index is 1.91. The Morgan fingerprint density at radius 1 is 1.56 bits per heavy atom. The van der Waals surface area contributed by atoms with E-state index in [4.69, 9.17) is 0 Å². The van der Waals surface area contributed by atoms with Crippen LogP contribution < -0.4 is 5.32 Å². The first-order chi connectivity index (χ1) is 7.79. The second-order valence-electron chi connectivity index (χ2n) is 4.72. The van der Waals surface area contributed by atoms with Crippen LogP contribution in [0, 0.1) is 0 Å². The number of aliphatic hydroxyl groups excluding tert-OH is 1. The van der Waals surface area contributed by atoms with Crippen LogP contribution in [0.3, 0.4) is 0 Å². The highest BCUT2D eigenvalue weighted by molar-refractivity contribution is 5.02. The third kappa shape index (κ3) is 2.28. The Hall–Kier alpha value is -0.870. The van der Waals surface area contributed by atoms with Crippen molar-refractivity contribution in [1.29, 1.82) is 0 Å². The van der Waals surface area contributed by atoms with Crippen LogP contribution in [0.2, 0.25) is 0 Å². The molecule has 0 bridgehead atoms. The van der Waals surface area contributed by atoms with Gasteiger partial charge in [-0.2, -0.15) is 0 Å². The van der Waals surface area contributed by atoms with E-state index in [1.54, 1.807) is 0 Å². The van der Waals surface area contributed by atoms with Gasteiger partial charge in [-0.25, -0.2) is 4.98 Å². The van der Waals surface area contributed by atoms with Gasteiger partial charge in [0.05, 0.1) is 18.6 Å². The van der Waals surface area contributed by atoms with Gasteiger partial charge in [0.25, 0.3) is 0 Å². The van der Waals surface area contributed by atoms with Crippen molar-refractivity contribution >= 4 is 0 Å². The van der Waals surface area contributed by atoms with Gasteiger partial charge < -0.3 is 15.0 Å². The maximum absolute atomic E-state index is 9.35. The van der Waals surface area contributed by atoms with Crippen molar-refractivity contribution in [3.63, 3.8) is 0 Å². The highest BCUT2D eigenvalue weighted by Gasteiger charge is 2.35. The first kappa shape index (κ1) is 11.6. The molecule has 16 heavy (non-hydrogen) atoms. The zero-order chi connectivity index (χ0) is 11.4. The van der Waals surface area contributed by atoms with E-state index in [9.17, 15) is 5.11 Å². The number of aliphatic hydroxyl groups is 1. The lowest BCUT2D eigenvalue weighted by atomic mass is 9.77. The van der Waals surface area contributed by atoms with Crippen molar-refractivity contribution in [2.24, 2.45) is 0 Å². The fraction of sp³-hybridized carbons (Fsp3) is 0.750. The predicted octanol–water partition coefficient (Wildman–Crippen LogP) is 1.30. The maximum atomic E-state index is 9.35. The van der Waals surface area contributed by atoms with Crippen LogP contribution in [-0.2, 0) is 13.1 Å². The standard InChI is InChI=1S/C12H21N3O/c1-2-6-15-10-13-7-11(15)8-14-12(9-16)4-3-5-12/h7,10,14,16H,2-6,8-9H2,1H3.